The van der Waals surface area contributed by atoms with Gasteiger partial charge in [-0.3, -0.25) is 14.3 Å². The Bertz CT molecular complexity index is 1130. The van der Waals surface area contributed by atoms with Gasteiger partial charge in [-0.1, -0.05) is 11.6 Å². The molecule has 4 heterocycles. The molecule has 2 aromatic heterocycles. The minimum absolute atomic E-state index is 0.147. The fourth-order valence-corrected chi connectivity index (χ4v) is 6.19. The van der Waals surface area contributed by atoms with Crippen molar-refractivity contribution >= 4 is 38.8 Å². The summed E-state index contributed by atoms with van der Waals surface area (Å²) in [5.74, 6) is 0. The second kappa shape index (κ2) is 9.51. The van der Waals surface area contributed by atoms with Crippen molar-refractivity contribution in [2.45, 2.75) is 32.4 Å². The Kier molecular flexibility index (Phi) is 6.51. The maximum atomic E-state index is 13.1. The van der Waals surface area contributed by atoms with Crippen LogP contribution in [0.15, 0.2) is 35.4 Å². The van der Waals surface area contributed by atoms with Crippen LogP contribution in [0.25, 0.3) is 10.2 Å². The lowest BCUT2D eigenvalue weighted by Gasteiger charge is -2.36. The van der Waals surface area contributed by atoms with Crippen LogP contribution in [0.3, 0.4) is 0 Å². The summed E-state index contributed by atoms with van der Waals surface area (Å²) in [5, 5.41) is 1.66. The molecule has 32 heavy (non-hydrogen) atoms. The van der Waals surface area contributed by atoms with Crippen molar-refractivity contribution in [1.82, 2.24) is 19.4 Å². The van der Waals surface area contributed by atoms with Gasteiger partial charge in [0.15, 0.2) is 0 Å². The SMILES string of the molecule is CN1CCc2c(sc3ncn(CCCCN4CCN(c5ccc(Cl)cc5)CC4)c(=O)c23)C1. The van der Waals surface area contributed by atoms with Crippen LogP contribution in [0.4, 0.5) is 5.69 Å². The van der Waals surface area contributed by atoms with E-state index in [0.29, 0.717) is 0 Å². The van der Waals surface area contributed by atoms with E-state index in [1.807, 2.05) is 16.7 Å². The Morgan fingerprint density at radius 2 is 1.78 bits per heavy atom. The third kappa shape index (κ3) is 4.57. The van der Waals surface area contributed by atoms with E-state index in [1.165, 1.54) is 16.1 Å². The van der Waals surface area contributed by atoms with Gasteiger partial charge in [0.2, 0.25) is 0 Å². The molecule has 1 fully saturated rings. The molecule has 3 aromatic rings. The average molecular weight is 472 g/mol. The molecule has 0 N–H and O–H groups in total. The van der Waals surface area contributed by atoms with Gasteiger partial charge in [0.25, 0.3) is 5.56 Å². The Labute approximate surface area is 198 Å². The summed E-state index contributed by atoms with van der Waals surface area (Å²) in [6.45, 7) is 8.01. The van der Waals surface area contributed by atoms with E-state index >= 15 is 0 Å². The van der Waals surface area contributed by atoms with Gasteiger partial charge in [-0.15, -0.1) is 11.3 Å². The fraction of sp³-hybridized carbons (Fsp3) is 0.500. The number of hydrogen-bond acceptors (Lipinski definition) is 6. The quantitative estimate of drug-likeness (QED) is 0.513. The normalized spacial score (nSPS) is 17.8. The lowest BCUT2D eigenvalue weighted by atomic mass is 10.1. The Morgan fingerprint density at radius 1 is 1.03 bits per heavy atom. The van der Waals surface area contributed by atoms with Crippen molar-refractivity contribution in [3.8, 4) is 0 Å². The zero-order valence-corrected chi connectivity index (χ0v) is 20.2. The summed E-state index contributed by atoms with van der Waals surface area (Å²) >= 11 is 7.69. The highest BCUT2D eigenvalue weighted by Crippen LogP contribution is 2.31. The summed E-state index contributed by atoms with van der Waals surface area (Å²) in [7, 11) is 2.14. The summed E-state index contributed by atoms with van der Waals surface area (Å²) in [5.41, 5.74) is 2.64. The standard InChI is InChI=1S/C24H30ClN5OS/c1-27-11-8-20-21(16-27)32-23-22(20)24(31)30(17-26-23)10-3-2-9-28-12-14-29(15-13-28)19-6-4-18(25)5-7-19/h4-7,17H,2-3,8-16H2,1H3. The first-order chi connectivity index (χ1) is 15.6. The van der Waals surface area contributed by atoms with Crippen LogP contribution in [0.5, 0.6) is 0 Å². The molecule has 2 aliphatic rings. The molecular formula is C24H30ClN5OS. The number of unbranched alkanes of at least 4 members (excludes halogenated alkanes) is 1. The third-order valence-corrected chi connectivity index (χ3v) is 8.08. The summed E-state index contributed by atoms with van der Waals surface area (Å²) in [4.78, 5) is 27.2. The molecule has 0 amide bonds. The van der Waals surface area contributed by atoms with Crippen LogP contribution in [0, 0.1) is 0 Å². The molecular weight excluding hydrogens is 442 g/mol. The first-order valence-corrected chi connectivity index (χ1v) is 12.7. The number of benzene rings is 1. The average Bonchev–Trinajstić information content (AvgIpc) is 3.17. The maximum absolute atomic E-state index is 13.1. The Morgan fingerprint density at radius 3 is 2.56 bits per heavy atom. The molecule has 0 aliphatic carbocycles. The van der Waals surface area contributed by atoms with Crippen molar-refractivity contribution in [1.29, 1.82) is 0 Å². The van der Waals surface area contributed by atoms with Gasteiger partial charge in [0.05, 0.1) is 11.7 Å². The van der Waals surface area contributed by atoms with Gasteiger partial charge in [-0.2, -0.15) is 0 Å². The van der Waals surface area contributed by atoms with Crippen LogP contribution in [-0.2, 0) is 19.5 Å². The number of thiophene rings is 1. The number of piperazine rings is 1. The van der Waals surface area contributed by atoms with Gasteiger partial charge in [0, 0.05) is 61.4 Å². The van der Waals surface area contributed by atoms with E-state index < -0.39 is 0 Å². The predicted molar refractivity (Wildman–Crippen MR) is 133 cm³/mol. The van der Waals surface area contributed by atoms with E-state index in [2.05, 4.69) is 38.9 Å². The summed E-state index contributed by atoms with van der Waals surface area (Å²) < 4.78 is 1.83. The molecule has 2 aliphatic heterocycles. The number of nitrogens with zero attached hydrogens (tertiary/aromatic N) is 5. The number of aryl methyl sites for hydroxylation is 1. The van der Waals surface area contributed by atoms with Gasteiger partial charge in [-0.05, 0) is 62.7 Å². The number of halogens is 1. The topological polar surface area (TPSA) is 44.6 Å². The molecule has 0 bridgehead atoms. The smallest absolute Gasteiger partial charge is 0.262 e. The second-order valence-electron chi connectivity index (χ2n) is 8.93. The lowest BCUT2D eigenvalue weighted by molar-refractivity contribution is 0.251. The molecule has 0 spiro atoms. The zero-order valence-electron chi connectivity index (χ0n) is 18.6. The number of likely N-dealkylation sites (N-methyl/N-ethyl adjacent to an activating group) is 1. The molecule has 0 saturated carbocycles. The van der Waals surface area contributed by atoms with Gasteiger partial charge in [0.1, 0.15) is 4.83 Å². The molecule has 5 rings (SSSR count). The maximum Gasteiger partial charge on any atom is 0.262 e. The van der Waals surface area contributed by atoms with Crippen molar-refractivity contribution in [3.63, 3.8) is 0 Å². The molecule has 0 radical (unpaired) electrons. The summed E-state index contributed by atoms with van der Waals surface area (Å²) in [6, 6.07) is 8.12. The molecule has 1 aromatic carbocycles. The largest absolute Gasteiger partial charge is 0.369 e. The number of hydrogen-bond donors (Lipinski definition) is 0. The van der Waals surface area contributed by atoms with Gasteiger partial charge < -0.3 is 9.80 Å². The molecule has 0 atom stereocenters. The highest BCUT2D eigenvalue weighted by atomic mass is 35.5. The van der Waals surface area contributed by atoms with E-state index in [1.54, 1.807) is 17.7 Å². The van der Waals surface area contributed by atoms with Crippen LogP contribution >= 0.6 is 22.9 Å². The van der Waals surface area contributed by atoms with E-state index in [-0.39, 0.29) is 5.56 Å². The predicted octanol–water partition coefficient (Wildman–Crippen LogP) is 3.70. The minimum Gasteiger partial charge on any atom is -0.369 e. The summed E-state index contributed by atoms with van der Waals surface area (Å²) in [6.07, 6.45) is 4.80. The van der Waals surface area contributed by atoms with Crippen molar-refractivity contribution in [3.05, 3.63) is 56.4 Å². The highest BCUT2D eigenvalue weighted by molar-refractivity contribution is 7.18. The second-order valence-corrected chi connectivity index (χ2v) is 10.4. The lowest BCUT2D eigenvalue weighted by Crippen LogP contribution is -2.46. The first-order valence-electron chi connectivity index (χ1n) is 11.5. The van der Waals surface area contributed by atoms with Gasteiger partial charge >= 0.3 is 0 Å². The molecule has 1 saturated heterocycles. The van der Waals surface area contributed by atoms with Gasteiger partial charge in [-0.25, -0.2) is 4.98 Å². The highest BCUT2D eigenvalue weighted by Gasteiger charge is 2.22. The Balaban J connectivity index is 1.13. The molecule has 6 nitrogen and oxygen atoms in total. The van der Waals surface area contributed by atoms with E-state index in [4.69, 9.17) is 11.6 Å². The monoisotopic (exact) mass is 471 g/mol. The van der Waals surface area contributed by atoms with Crippen molar-refractivity contribution in [2.75, 3.05) is 51.2 Å². The number of aromatic nitrogens is 2. The van der Waals surface area contributed by atoms with Crippen LogP contribution < -0.4 is 10.5 Å². The third-order valence-electron chi connectivity index (χ3n) is 6.71. The number of anilines is 1. The number of fused-ring (bicyclic) bond motifs is 3. The Hall–Kier alpha value is -1.93. The van der Waals surface area contributed by atoms with E-state index in [9.17, 15) is 4.79 Å². The zero-order chi connectivity index (χ0) is 22.1. The molecule has 8 heteroatoms. The molecule has 170 valence electrons. The van der Waals surface area contributed by atoms with Crippen LogP contribution in [0.1, 0.15) is 23.3 Å². The van der Waals surface area contributed by atoms with Crippen LogP contribution in [0.2, 0.25) is 5.02 Å². The number of rotatable bonds is 6. The minimum atomic E-state index is 0.147. The van der Waals surface area contributed by atoms with Crippen molar-refractivity contribution < 1.29 is 0 Å². The van der Waals surface area contributed by atoms with Crippen molar-refractivity contribution in [2.24, 2.45) is 0 Å². The fourth-order valence-electron chi connectivity index (χ4n) is 4.80. The molecule has 0 unspecified atom stereocenters. The first kappa shape index (κ1) is 21.9. The van der Waals surface area contributed by atoms with Crippen LogP contribution in [-0.4, -0.2) is 65.7 Å². The van der Waals surface area contributed by atoms with E-state index in [0.717, 1.165) is 86.9 Å².